The Morgan fingerprint density at radius 2 is 2.06 bits per heavy atom. The fourth-order valence-electron chi connectivity index (χ4n) is 1.66. The van der Waals surface area contributed by atoms with Gasteiger partial charge >= 0.3 is 0 Å². The second-order valence-electron chi connectivity index (χ2n) is 4.07. The van der Waals surface area contributed by atoms with Gasteiger partial charge in [0.1, 0.15) is 0 Å². The van der Waals surface area contributed by atoms with E-state index in [0.717, 1.165) is 31.7 Å². The Bertz CT molecular complexity index is 436. The van der Waals surface area contributed by atoms with Gasteiger partial charge in [0.25, 0.3) is 0 Å². The fourth-order valence-corrected chi connectivity index (χ4v) is 1.66. The van der Waals surface area contributed by atoms with Crippen LogP contribution in [0.25, 0.3) is 0 Å². The third-order valence-corrected chi connectivity index (χ3v) is 2.51. The minimum Gasteiger partial charge on any atom is -0.311 e. The van der Waals surface area contributed by atoms with Gasteiger partial charge in [0, 0.05) is 6.54 Å². The van der Waals surface area contributed by atoms with Crippen LogP contribution >= 0.6 is 0 Å². The molecular weight excluding hydrogens is 212 g/mol. The molecule has 4 nitrogen and oxygen atoms in total. The summed E-state index contributed by atoms with van der Waals surface area (Å²) in [5, 5.41) is 11.6. The van der Waals surface area contributed by atoms with E-state index in [0.29, 0.717) is 0 Å². The largest absolute Gasteiger partial charge is 0.311 e. The van der Waals surface area contributed by atoms with E-state index in [1.54, 1.807) is 0 Å². The Balaban J connectivity index is 1.90. The molecule has 90 valence electrons. The third-order valence-electron chi connectivity index (χ3n) is 2.51. The molecule has 1 aromatic heterocycles. The van der Waals surface area contributed by atoms with Gasteiger partial charge in [-0.1, -0.05) is 42.5 Å². The molecule has 1 aromatic carbocycles. The molecule has 0 atom stereocenters. The summed E-state index contributed by atoms with van der Waals surface area (Å²) < 4.78 is 1.87. The molecule has 1 heterocycles. The van der Waals surface area contributed by atoms with Crippen LogP contribution in [0.5, 0.6) is 0 Å². The average molecular weight is 230 g/mol. The molecule has 17 heavy (non-hydrogen) atoms. The maximum atomic E-state index is 4.13. The summed E-state index contributed by atoms with van der Waals surface area (Å²) in [5.74, 6) is 0. The third kappa shape index (κ3) is 3.67. The number of hydrogen-bond acceptors (Lipinski definition) is 3. The summed E-state index contributed by atoms with van der Waals surface area (Å²) in [6.45, 7) is 4.75. The van der Waals surface area contributed by atoms with Crippen molar-refractivity contribution in [1.29, 1.82) is 0 Å². The smallest absolute Gasteiger partial charge is 0.0964 e. The topological polar surface area (TPSA) is 42.7 Å². The predicted octanol–water partition coefficient (Wildman–Crippen LogP) is 1.83. The normalized spacial score (nSPS) is 10.6. The van der Waals surface area contributed by atoms with Crippen LogP contribution in [0.15, 0.2) is 36.5 Å². The second kappa shape index (κ2) is 6.15. The Morgan fingerprint density at radius 3 is 2.82 bits per heavy atom. The Kier molecular flexibility index (Phi) is 4.27. The summed E-state index contributed by atoms with van der Waals surface area (Å²) in [5.41, 5.74) is 2.24. The first-order valence-electron chi connectivity index (χ1n) is 6.02. The first-order chi connectivity index (χ1) is 8.38. The molecule has 0 aliphatic heterocycles. The molecular formula is C13H18N4. The van der Waals surface area contributed by atoms with Crippen molar-refractivity contribution in [3.8, 4) is 0 Å². The molecule has 2 rings (SSSR count). The van der Waals surface area contributed by atoms with E-state index in [1.165, 1.54) is 5.56 Å². The Hall–Kier alpha value is -1.68. The van der Waals surface area contributed by atoms with E-state index >= 15 is 0 Å². The zero-order valence-electron chi connectivity index (χ0n) is 10.1. The van der Waals surface area contributed by atoms with Crippen LogP contribution in [0, 0.1) is 0 Å². The van der Waals surface area contributed by atoms with Crippen molar-refractivity contribution in [1.82, 2.24) is 20.3 Å². The van der Waals surface area contributed by atoms with Crippen molar-refractivity contribution in [3.63, 3.8) is 0 Å². The Labute approximate surface area is 102 Å². The van der Waals surface area contributed by atoms with Gasteiger partial charge in [0.05, 0.1) is 18.4 Å². The van der Waals surface area contributed by atoms with Crippen molar-refractivity contribution >= 4 is 0 Å². The number of benzene rings is 1. The van der Waals surface area contributed by atoms with Crippen LogP contribution in [-0.2, 0) is 13.1 Å². The minimum absolute atomic E-state index is 0.779. The predicted molar refractivity (Wildman–Crippen MR) is 67.6 cm³/mol. The molecule has 0 bridgehead atoms. The van der Waals surface area contributed by atoms with Crippen LogP contribution in [-0.4, -0.2) is 21.5 Å². The first kappa shape index (κ1) is 11.8. The van der Waals surface area contributed by atoms with Gasteiger partial charge in [-0.2, -0.15) is 0 Å². The van der Waals surface area contributed by atoms with Crippen molar-refractivity contribution in [3.05, 3.63) is 47.8 Å². The number of aromatic nitrogens is 3. The maximum Gasteiger partial charge on any atom is 0.0964 e. The number of hydrogen-bond donors (Lipinski definition) is 1. The number of nitrogens with zero attached hydrogens (tertiary/aromatic N) is 3. The van der Waals surface area contributed by atoms with Crippen LogP contribution in [0.4, 0.5) is 0 Å². The summed E-state index contributed by atoms with van der Waals surface area (Å²) in [4.78, 5) is 0. The lowest BCUT2D eigenvalue weighted by atomic mass is 10.2. The van der Waals surface area contributed by atoms with Crippen LogP contribution in [0.2, 0.25) is 0 Å². The van der Waals surface area contributed by atoms with E-state index in [1.807, 2.05) is 29.1 Å². The highest BCUT2D eigenvalue weighted by atomic mass is 15.4. The van der Waals surface area contributed by atoms with E-state index < -0.39 is 0 Å². The maximum absolute atomic E-state index is 4.13. The van der Waals surface area contributed by atoms with Crippen LogP contribution in [0.1, 0.15) is 24.6 Å². The summed E-state index contributed by atoms with van der Waals surface area (Å²) >= 11 is 0. The van der Waals surface area contributed by atoms with Crippen molar-refractivity contribution in [2.75, 3.05) is 6.54 Å². The monoisotopic (exact) mass is 230 g/mol. The zero-order chi connectivity index (χ0) is 11.9. The van der Waals surface area contributed by atoms with Crippen molar-refractivity contribution in [2.45, 2.75) is 26.4 Å². The van der Waals surface area contributed by atoms with Crippen LogP contribution < -0.4 is 5.32 Å². The van der Waals surface area contributed by atoms with Gasteiger partial charge in [-0.3, -0.25) is 0 Å². The molecule has 1 N–H and O–H groups in total. The molecule has 0 fully saturated rings. The molecule has 0 saturated carbocycles. The molecule has 0 amide bonds. The van der Waals surface area contributed by atoms with Gasteiger partial charge < -0.3 is 5.32 Å². The molecule has 0 spiro atoms. The average Bonchev–Trinajstić information content (AvgIpc) is 2.79. The van der Waals surface area contributed by atoms with Gasteiger partial charge in [0.2, 0.25) is 0 Å². The highest BCUT2D eigenvalue weighted by molar-refractivity contribution is 5.14. The molecule has 0 unspecified atom stereocenters. The van der Waals surface area contributed by atoms with E-state index in [-0.39, 0.29) is 0 Å². The lowest BCUT2D eigenvalue weighted by Crippen LogP contribution is -2.13. The number of nitrogens with one attached hydrogen (secondary N) is 1. The van der Waals surface area contributed by atoms with Gasteiger partial charge in [-0.15, -0.1) is 5.10 Å². The van der Waals surface area contributed by atoms with Crippen LogP contribution in [0.3, 0.4) is 0 Å². The van der Waals surface area contributed by atoms with Gasteiger partial charge in [-0.05, 0) is 18.5 Å². The van der Waals surface area contributed by atoms with Gasteiger partial charge in [0.15, 0.2) is 0 Å². The molecule has 4 heteroatoms. The summed E-state index contributed by atoms with van der Waals surface area (Å²) in [7, 11) is 0. The second-order valence-corrected chi connectivity index (χ2v) is 4.07. The quantitative estimate of drug-likeness (QED) is 0.770. The fraction of sp³-hybridized carbons (Fsp3) is 0.385. The first-order valence-corrected chi connectivity index (χ1v) is 6.02. The van der Waals surface area contributed by atoms with Crippen molar-refractivity contribution in [2.24, 2.45) is 0 Å². The minimum atomic E-state index is 0.779. The highest BCUT2D eigenvalue weighted by Crippen LogP contribution is 2.02. The summed E-state index contributed by atoms with van der Waals surface area (Å²) in [6.07, 6.45) is 3.13. The van der Waals surface area contributed by atoms with Gasteiger partial charge in [-0.25, -0.2) is 4.68 Å². The highest BCUT2D eigenvalue weighted by Gasteiger charge is 2.00. The van der Waals surface area contributed by atoms with E-state index in [2.05, 4.69) is 34.7 Å². The van der Waals surface area contributed by atoms with Crippen molar-refractivity contribution < 1.29 is 0 Å². The molecule has 0 radical (unpaired) electrons. The summed E-state index contributed by atoms with van der Waals surface area (Å²) in [6, 6.07) is 10.3. The lowest BCUT2D eigenvalue weighted by Gasteiger charge is -1.99. The molecule has 0 saturated heterocycles. The molecule has 2 aromatic rings. The zero-order valence-corrected chi connectivity index (χ0v) is 10.1. The SMILES string of the molecule is CCCNCc1cn(Cc2ccccc2)nn1. The van der Waals surface area contributed by atoms with E-state index in [9.17, 15) is 0 Å². The number of rotatable bonds is 6. The lowest BCUT2D eigenvalue weighted by molar-refractivity contribution is 0.645. The molecule has 0 aliphatic rings. The Morgan fingerprint density at radius 1 is 1.24 bits per heavy atom. The standard InChI is InChI=1S/C13H18N4/c1-2-8-14-9-13-11-17(16-15-13)10-12-6-4-3-5-7-12/h3-7,11,14H,2,8-10H2,1H3. The molecule has 0 aliphatic carbocycles. The van der Waals surface area contributed by atoms with E-state index in [4.69, 9.17) is 0 Å².